The number of carbonyl (C=O) groups is 2. The SMILES string of the molecule is CCC(CC)(OC(=O)CC(=O)OC(CC)(CC)C1CCc2c([nH]c3ccc(N)cc23)C1)C1CCc2c([nH]c3ccc(N)cc23)C1. The molecule has 240 valence electrons. The van der Waals surface area contributed by atoms with E-state index in [4.69, 9.17) is 20.9 Å². The predicted molar refractivity (Wildman–Crippen MR) is 180 cm³/mol. The van der Waals surface area contributed by atoms with E-state index in [0.29, 0.717) is 25.7 Å². The largest absolute Gasteiger partial charge is 0.458 e. The fourth-order valence-corrected chi connectivity index (χ4v) is 8.55. The van der Waals surface area contributed by atoms with Crippen LogP contribution < -0.4 is 11.5 Å². The minimum atomic E-state index is -0.642. The number of fused-ring (bicyclic) bond motifs is 6. The summed E-state index contributed by atoms with van der Waals surface area (Å²) in [6, 6.07) is 12.0. The van der Waals surface area contributed by atoms with Gasteiger partial charge in [0.1, 0.15) is 17.6 Å². The van der Waals surface area contributed by atoms with Crippen molar-refractivity contribution in [3.05, 3.63) is 58.9 Å². The van der Waals surface area contributed by atoms with E-state index in [2.05, 4.69) is 37.7 Å². The molecule has 0 radical (unpaired) electrons. The lowest BCUT2D eigenvalue weighted by Crippen LogP contribution is -2.46. The zero-order valence-corrected chi connectivity index (χ0v) is 27.2. The molecule has 2 unspecified atom stereocenters. The number of hydrogen-bond acceptors (Lipinski definition) is 6. The van der Waals surface area contributed by atoms with E-state index in [0.717, 1.165) is 60.9 Å². The van der Waals surface area contributed by atoms with Gasteiger partial charge in [0.25, 0.3) is 0 Å². The molecule has 0 amide bonds. The summed E-state index contributed by atoms with van der Waals surface area (Å²) in [6.07, 6.45) is 7.57. The monoisotopic (exact) mass is 612 g/mol. The van der Waals surface area contributed by atoms with Crippen LogP contribution in [0.3, 0.4) is 0 Å². The van der Waals surface area contributed by atoms with E-state index in [1.54, 1.807) is 0 Å². The van der Waals surface area contributed by atoms with Crippen LogP contribution in [0.15, 0.2) is 36.4 Å². The Bertz CT molecular complexity index is 1600. The first kappa shape index (κ1) is 31.1. The van der Waals surface area contributed by atoms with Crippen LogP contribution in [-0.4, -0.2) is 33.1 Å². The molecule has 2 atom stereocenters. The molecule has 2 aliphatic carbocycles. The first-order valence-electron chi connectivity index (χ1n) is 16.9. The van der Waals surface area contributed by atoms with Crippen LogP contribution in [0.2, 0.25) is 0 Å². The van der Waals surface area contributed by atoms with Gasteiger partial charge in [-0.1, -0.05) is 27.7 Å². The molecule has 6 rings (SSSR count). The Labute approximate surface area is 265 Å². The molecule has 0 spiro atoms. The molecule has 8 heteroatoms. The number of nitrogens with one attached hydrogen (secondary N) is 2. The fourth-order valence-electron chi connectivity index (χ4n) is 8.55. The Morgan fingerprint density at radius 2 is 1.11 bits per heavy atom. The maximum absolute atomic E-state index is 13.4. The topological polar surface area (TPSA) is 136 Å². The number of nitrogens with two attached hydrogens (primary N) is 2. The second-order valence-electron chi connectivity index (χ2n) is 13.3. The van der Waals surface area contributed by atoms with Crippen molar-refractivity contribution in [2.24, 2.45) is 11.8 Å². The fraction of sp³-hybridized carbons (Fsp3) is 0.514. The number of benzene rings is 2. The standard InChI is InChI=1S/C37H48N4O4/c1-5-36(6-2,22-9-13-26-28-19-24(38)11-15-30(28)40-32(26)17-22)44-34(42)21-35(43)45-37(7-3,8-4)23-10-14-27-29-20-25(39)12-16-31(29)41-33(27)18-23/h11-12,15-16,19-20,22-23,40-41H,5-10,13-14,17-18,21,38-39H2,1-4H3. The van der Waals surface area contributed by atoms with Crippen molar-refractivity contribution < 1.29 is 19.1 Å². The molecule has 2 aromatic carbocycles. The van der Waals surface area contributed by atoms with Gasteiger partial charge >= 0.3 is 11.9 Å². The Morgan fingerprint density at radius 1 is 0.711 bits per heavy atom. The minimum absolute atomic E-state index is 0.152. The predicted octanol–water partition coefficient (Wildman–Crippen LogP) is 7.32. The van der Waals surface area contributed by atoms with Crippen LogP contribution >= 0.6 is 0 Å². The Hall–Kier alpha value is -3.94. The summed E-state index contributed by atoms with van der Waals surface area (Å²) >= 11 is 0. The lowest BCUT2D eigenvalue weighted by Gasteiger charge is -2.42. The highest BCUT2D eigenvalue weighted by Crippen LogP contribution is 2.43. The summed E-state index contributed by atoms with van der Waals surface area (Å²) in [4.78, 5) is 34.0. The van der Waals surface area contributed by atoms with Gasteiger partial charge in [-0.15, -0.1) is 0 Å². The number of carbonyl (C=O) groups excluding carboxylic acids is 2. The van der Waals surface area contributed by atoms with Crippen molar-refractivity contribution in [1.29, 1.82) is 0 Å². The maximum Gasteiger partial charge on any atom is 0.317 e. The van der Waals surface area contributed by atoms with Crippen molar-refractivity contribution in [2.45, 2.75) is 110 Å². The zero-order chi connectivity index (χ0) is 31.9. The van der Waals surface area contributed by atoms with Gasteiger partial charge in [-0.3, -0.25) is 9.59 Å². The highest BCUT2D eigenvalue weighted by molar-refractivity contribution is 5.92. The minimum Gasteiger partial charge on any atom is -0.458 e. The van der Waals surface area contributed by atoms with E-state index < -0.39 is 23.1 Å². The summed E-state index contributed by atoms with van der Waals surface area (Å²) < 4.78 is 12.6. The lowest BCUT2D eigenvalue weighted by molar-refractivity contribution is -0.180. The number of aromatic amines is 2. The maximum atomic E-state index is 13.4. The highest BCUT2D eigenvalue weighted by Gasteiger charge is 2.44. The third-order valence-corrected chi connectivity index (χ3v) is 11.2. The molecular weight excluding hydrogens is 564 g/mol. The first-order chi connectivity index (χ1) is 21.6. The van der Waals surface area contributed by atoms with E-state index in [1.807, 2.05) is 36.4 Å². The van der Waals surface area contributed by atoms with Crippen LogP contribution in [0.4, 0.5) is 11.4 Å². The number of hydrogen-bond donors (Lipinski definition) is 4. The van der Waals surface area contributed by atoms with Gasteiger partial charge < -0.3 is 30.9 Å². The number of aromatic nitrogens is 2. The molecule has 8 nitrogen and oxygen atoms in total. The van der Waals surface area contributed by atoms with Gasteiger partial charge in [-0.2, -0.15) is 0 Å². The van der Waals surface area contributed by atoms with Gasteiger partial charge in [-0.25, -0.2) is 0 Å². The molecule has 0 fully saturated rings. The third-order valence-electron chi connectivity index (χ3n) is 11.2. The molecule has 4 aromatic rings. The Morgan fingerprint density at radius 3 is 1.49 bits per heavy atom. The molecule has 2 aromatic heterocycles. The summed E-state index contributed by atoms with van der Waals surface area (Å²) in [5.74, 6) is -0.698. The number of esters is 2. The second kappa shape index (κ2) is 12.1. The van der Waals surface area contributed by atoms with Crippen LogP contribution in [0.5, 0.6) is 0 Å². The molecule has 2 heterocycles. The Balaban J connectivity index is 1.13. The number of ether oxygens (including phenoxy) is 2. The van der Waals surface area contributed by atoms with E-state index >= 15 is 0 Å². The number of aryl methyl sites for hydroxylation is 2. The van der Waals surface area contributed by atoms with Gasteiger partial charge in [0.05, 0.1) is 0 Å². The summed E-state index contributed by atoms with van der Waals surface area (Å²) in [7, 11) is 0. The molecule has 6 N–H and O–H groups in total. The number of H-pyrrole nitrogens is 2. The van der Waals surface area contributed by atoms with Gasteiger partial charge in [0.15, 0.2) is 0 Å². The van der Waals surface area contributed by atoms with Crippen molar-refractivity contribution in [1.82, 2.24) is 9.97 Å². The number of anilines is 2. The molecular formula is C37H48N4O4. The molecule has 0 saturated heterocycles. The average molecular weight is 613 g/mol. The van der Waals surface area contributed by atoms with Crippen molar-refractivity contribution in [2.75, 3.05) is 11.5 Å². The van der Waals surface area contributed by atoms with Crippen LogP contribution in [0.25, 0.3) is 21.8 Å². The number of rotatable bonds is 10. The highest BCUT2D eigenvalue weighted by atomic mass is 16.6. The summed E-state index contributed by atoms with van der Waals surface area (Å²) in [5, 5.41) is 2.36. The van der Waals surface area contributed by atoms with Crippen molar-refractivity contribution in [3.63, 3.8) is 0 Å². The normalized spacial score (nSPS) is 18.5. The van der Waals surface area contributed by atoms with Crippen LogP contribution in [0.1, 0.15) is 95.2 Å². The van der Waals surface area contributed by atoms with Gasteiger partial charge in [0, 0.05) is 56.4 Å². The van der Waals surface area contributed by atoms with Gasteiger partial charge in [-0.05, 0) is 112 Å². The van der Waals surface area contributed by atoms with Crippen LogP contribution in [0, 0.1) is 11.8 Å². The molecule has 0 bridgehead atoms. The molecule has 0 saturated carbocycles. The average Bonchev–Trinajstić information content (AvgIpc) is 3.59. The molecule has 45 heavy (non-hydrogen) atoms. The third kappa shape index (κ3) is 5.57. The lowest BCUT2D eigenvalue weighted by atomic mass is 9.73. The second-order valence-corrected chi connectivity index (χ2v) is 13.3. The smallest absolute Gasteiger partial charge is 0.317 e. The van der Waals surface area contributed by atoms with Crippen LogP contribution in [-0.2, 0) is 44.7 Å². The quantitative estimate of drug-likeness (QED) is 0.0842. The molecule has 0 aliphatic heterocycles. The van der Waals surface area contributed by atoms with E-state index in [-0.39, 0.29) is 18.3 Å². The molecule has 2 aliphatic rings. The van der Waals surface area contributed by atoms with Gasteiger partial charge in [0.2, 0.25) is 0 Å². The summed E-state index contributed by atoms with van der Waals surface area (Å²) in [6.45, 7) is 8.30. The van der Waals surface area contributed by atoms with E-state index in [9.17, 15) is 9.59 Å². The zero-order valence-electron chi connectivity index (χ0n) is 27.2. The van der Waals surface area contributed by atoms with Crippen molar-refractivity contribution >= 4 is 45.1 Å². The van der Waals surface area contributed by atoms with E-state index in [1.165, 1.54) is 33.3 Å². The Kier molecular flexibility index (Phi) is 8.35. The van der Waals surface area contributed by atoms with Crippen molar-refractivity contribution in [3.8, 4) is 0 Å². The summed E-state index contributed by atoms with van der Waals surface area (Å²) in [5.41, 5.74) is 19.6. The number of nitrogen functional groups attached to an aromatic ring is 2. The first-order valence-corrected chi connectivity index (χ1v) is 16.9.